The minimum absolute atomic E-state index is 0. The summed E-state index contributed by atoms with van der Waals surface area (Å²) in [6.07, 6.45) is 0. The molecule has 0 heterocycles. The first-order chi connectivity index (χ1) is 11.1. The Morgan fingerprint density at radius 1 is 0.640 bits per heavy atom. The SMILES string of the molecule is CC(=O)[O-].CC(=O)[O-].NCCO.NCCO.NCCO.NCCO.[Pt+2]. The fraction of sp³-hybridized carbons (Fsp3) is 0.833. The van der Waals surface area contributed by atoms with E-state index in [0.717, 1.165) is 13.8 Å². The molecular weight excluding hydrogens is 523 g/mol. The van der Waals surface area contributed by atoms with Crippen LogP contribution < -0.4 is 33.1 Å². The van der Waals surface area contributed by atoms with E-state index in [1.807, 2.05) is 0 Å². The Morgan fingerprint density at radius 3 is 0.680 bits per heavy atom. The molecular formula is C12H34N4O8Pt. The molecule has 0 aromatic carbocycles. The van der Waals surface area contributed by atoms with E-state index < -0.39 is 11.9 Å². The van der Waals surface area contributed by atoms with E-state index in [2.05, 4.69) is 0 Å². The first kappa shape index (κ1) is 44.1. The molecule has 0 fully saturated rings. The second kappa shape index (κ2) is 65.5. The number of rotatable bonds is 4. The van der Waals surface area contributed by atoms with Crippen LogP contribution in [-0.2, 0) is 30.7 Å². The van der Waals surface area contributed by atoms with Crippen molar-refractivity contribution in [2.24, 2.45) is 22.9 Å². The number of carboxylic acids is 2. The number of carbonyl (C=O) groups excluding carboxylic acids is 2. The van der Waals surface area contributed by atoms with Crippen molar-refractivity contribution >= 4 is 11.9 Å². The summed E-state index contributed by atoms with van der Waals surface area (Å²) in [5, 5.41) is 48.8. The molecule has 0 aromatic rings. The third kappa shape index (κ3) is 967. The van der Waals surface area contributed by atoms with Gasteiger partial charge in [0.05, 0.1) is 26.4 Å². The molecule has 12 N–H and O–H groups in total. The molecule has 0 rings (SSSR count). The summed E-state index contributed by atoms with van der Waals surface area (Å²) in [5.41, 5.74) is 19.1. The third-order valence-corrected chi connectivity index (χ3v) is 0.516. The smallest absolute Gasteiger partial charge is 0.550 e. The third-order valence-electron chi connectivity index (χ3n) is 0.516. The fourth-order valence-electron chi connectivity index (χ4n) is 0. The van der Waals surface area contributed by atoms with Crippen LogP contribution in [0.5, 0.6) is 0 Å². The van der Waals surface area contributed by atoms with Crippen LogP contribution in [0.1, 0.15) is 13.8 Å². The zero-order valence-electron chi connectivity index (χ0n) is 14.7. The summed E-state index contributed by atoms with van der Waals surface area (Å²) in [6.45, 7) is 3.83. The van der Waals surface area contributed by atoms with Gasteiger partial charge in [-0.1, -0.05) is 0 Å². The molecule has 0 amide bonds. The molecule has 0 atom stereocenters. The second-order valence-corrected chi connectivity index (χ2v) is 3.03. The van der Waals surface area contributed by atoms with Gasteiger partial charge in [-0.25, -0.2) is 0 Å². The Balaban J connectivity index is -0.0000000309. The van der Waals surface area contributed by atoms with E-state index >= 15 is 0 Å². The zero-order valence-corrected chi connectivity index (χ0v) is 17.0. The summed E-state index contributed by atoms with van der Waals surface area (Å²) >= 11 is 0. The van der Waals surface area contributed by atoms with E-state index in [-0.39, 0.29) is 47.5 Å². The number of nitrogens with two attached hydrogens (primary N) is 4. The normalized spacial score (nSPS) is 6.80. The van der Waals surface area contributed by atoms with Crippen LogP contribution >= 0.6 is 0 Å². The zero-order chi connectivity index (χ0) is 20.8. The maximum Gasteiger partial charge on any atom is 2.00 e. The van der Waals surface area contributed by atoms with E-state index in [1.165, 1.54) is 0 Å². The number of aliphatic hydroxyl groups excluding tert-OH is 4. The van der Waals surface area contributed by atoms with E-state index in [0.29, 0.717) is 26.2 Å². The number of aliphatic carboxylic acids is 2. The van der Waals surface area contributed by atoms with Gasteiger partial charge in [-0.2, -0.15) is 0 Å². The molecule has 0 radical (unpaired) electrons. The van der Waals surface area contributed by atoms with Gasteiger partial charge in [0.25, 0.3) is 0 Å². The van der Waals surface area contributed by atoms with Crippen LogP contribution in [0.15, 0.2) is 0 Å². The molecule has 0 saturated heterocycles. The maximum absolute atomic E-state index is 8.89. The average Bonchev–Trinajstić information content (AvgIpc) is 2.54. The summed E-state index contributed by atoms with van der Waals surface area (Å²) in [6, 6.07) is 0. The van der Waals surface area contributed by atoms with Crippen LogP contribution in [-0.4, -0.2) is 85.0 Å². The summed E-state index contributed by atoms with van der Waals surface area (Å²) in [4.78, 5) is 17.8. The van der Waals surface area contributed by atoms with Gasteiger partial charge in [-0.05, 0) is 13.8 Å². The van der Waals surface area contributed by atoms with Crippen LogP contribution in [0.4, 0.5) is 0 Å². The van der Waals surface area contributed by atoms with Gasteiger partial charge in [-0.15, -0.1) is 0 Å². The Bertz CT molecular complexity index is 162. The Hall–Kier alpha value is -0.692. The van der Waals surface area contributed by atoms with E-state index in [9.17, 15) is 0 Å². The summed E-state index contributed by atoms with van der Waals surface area (Å²) in [5.74, 6) is -2.17. The molecule has 0 saturated carbocycles. The van der Waals surface area contributed by atoms with Crippen molar-refractivity contribution in [1.29, 1.82) is 0 Å². The molecule has 12 nitrogen and oxygen atoms in total. The van der Waals surface area contributed by atoms with Crippen molar-refractivity contribution in [3.63, 3.8) is 0 Å². The standard InChI is InChI=1S/4C2H7NO.2C2H4O2.Pt/c4*3-1-2-4;2*1-2(3)4;/h4*4H,1-3H2;2*1H3,(H,3,4);/q;;;;;;+2/p-2. The van der Waals surface area contributed by atoms with Gasteiger partial charge in [0.1, 0.15) is 0 Å². The Kier molecular flexibility index (Phi) is 115. The Morgan fingerprint density at radius 2 is 0.680 bits per heavy atom. The van der Waals surface area contributed by atoms with Crippen molar-refractivity contribution in [3.8, 4) is 0 Å². The van der Waals surface area contributed by atoms with E-state index in [1.54, 1.807) is 0 Å². The van der Waals surface area contributed by atoms with Crippen molar-refractivity contribution in [1.82, 2.24) is 0 Å². The van der Waals surface area contributed by atoms with Gasteiger partial charge in [-0.3, -0.25) is 0 Å². The van der Waals surface area contributed by atoms with Gasteiger partial charge in [0.15, 0.2) is 0 Å². The number of hydrogen-bond donors (Lipinski definition) is 8. The van der Waals surface area contributed by atoms with Crippen molar-refractivity contribution < 1.29 is 61.3 Å². The van der Waals surface area contributed by atoms with Crippen molar-refractivity contribution in [3.05, 3.63) is 0 Å². The number of hydrogen-bond acceptors (Lipinski definition) is 12. The van der Waals surface area contributed by atoms with Gasteiger partial charge in [0, 0.05) is 38.1 Å². The molecule has 0 aliphatic carbocycles. The molecule has 13 heteroatoms. The first-order valence-corrected chi connectivity index (χ1v) is 6.71. The minimum atomic E-state index is -1.08. The predicted molar refractivity (Wildman–Crippen MR) is 85.9 cm³/mol. The van der Waals surface area contributed by atoms with E-state index in [4.69, 9.17) is 63.2 Å². The summed E-state index contributed by atoms with van der Waals surface area (Å²) in [7, 11) is 0. The van der Waals surface area contributed by atoms with Crippen molar-refractivity contribution in [2.45, 2.75) is 13.8 Å². The molecule has 160 valence electrons. The number of carboxylic acid groups (broad SMARTS) is 2. The fourth-order valence-corrected chi connectivity index (χ4v) is 0. The van der Waals surface area contributed by atoms with Gasteiger partial charge in [0.2, 0.25) is 0 Å². The molecule has 0 aliphatic heterocycles. The van der Waals surface area contributed by atoms with Gasteiger partial charge >= 0.3 is 21.1 Å². The van der Waals surface area contributed by atoms with Crippen molar-refractivity contribution in [2.75, 3.05) is 52.6 Å². The van der Waals surface area contributed by atoms with Crippen LogP contribution in [0, 0.1) is 0 Å². The number of aliphatic hydroxyl groups is 4. The molecule has 0 spiro atoms. The molecule has 25 heavy (non-hydrogen) atoms. The number of carbonyl (C=O) groups is 2. The van der Waals surface area contributed by atoms with Crippen LogP contribution in [0.2, 0.25) is 0 Å². The quantitative estimate of drug-likeness (QED) is 0.160. The predicted octanol–water partition coefficient (Wildman–Crippen LogP) is -6.74. The first-order valence-electron chi connectivity index (χ1n) is 6.71. The average molecular weight is 558 g/mol. The van der Waals surface area contributed by atoms with Gasteiger partial charge < -0.3 is 63.2 Å². The van der Waals surface area contributed by atoms with Crippen LogP contribution in [0.25, 0.3) is 0 Å². The largest absolute Gasteiger partial charge is 2.00 e. The Labute approximate surface area is 163 Å². The minimum Gasteiger partial charge on any atom is -0.550 e. The molecule has 0 aliphatic rings. The molecule has 0 aromatic heterocycles. The summed E-state index contributed by atoms with van der Waals surface area (Å²) < 4.78 is 0. The second-order valence-electron chi connectivity index (χ2n) is 3.03. The van der Waals surface area contributed by atoms with Crippen LogP contribution in [0.3, 0.4) is 0 Å². The monoisotopic (exact) mass is 557 g/mol. The molecule has 0 bridgehead atoms. The maximum atomic E-state index is 8.89. The molecule has 0 unspecified atom stereocenters. The topological polar surface area (TPSA) is 265 Å².